The van der Waals surface area contributed by atoms with E-state index in [9.17, 15) is 9.18 Å². The van der Waals surface area contributed by atoms with E-state index in [4.69, 9.17) is 4.74 Å². The topological polar surface area (TPSA) is 38.8 Å². The first kappa shape index (κ1) is 15.5. The molecule has 0 aliphatic rings. The molecule has 7 heteroatoms. The summed E-state index contributed by atoms with van der Waals surface area (Å²) in [5.41, 5.74) is 0.921. The number of hydrogen-bond donors (Lipinski definition) is 0. The Balaban J connectivity index is 2.50. The van der Waals surface area contributed by atoms with Gasteiger partial charge in [0.25, 0.3) is 0 Å². The lowest BCUT2D eigenvalue weighted by molar-refractivity contribution is -0.139. The first-order valence-corrected chi connectivity index (χ1v) is 6.93. The van der Waals surface area contributed by atoms with Crippen LogP contribution in [-0.4, -0.2) is 29.3 Å². The predicted molar refractivity (Wildman–Crippen MR) is 77.0 cm³/mol. The molecule has 18 heavy (non-hydrogen) atoms. The van der Waals surface area contributed by atoms with Gasteiger partial charge in [-0.1, -0.05) is 18.0 Å². The quantitative estimate of drug-likeness (QED) is 0.326. The Kier molecular flexibility index (Phi) is 6.72. The largest absolute Gasteiger partial charge is 0.494 e. The van der Waals surface area contributed by atoms with Crippen molar-refractivity contribution in [3.63, 3.8) is 0 Å². The number of benzene rings is 1. The summed E-state index contributed by atoms with van der Waals surface area (Å²) < 4.78 is 24.4. The fraction of sp³-hybridized carbons (Fsp3) is 0.364. The first-order chi connectivity index (χ1) is 8.56. The van der Waals surface area contributed by atoms with Crippen LogP contribution in [0.3, 0.4) is 0 Å². The number of hydrogen-bond acceptors (Lipinski definition) is 5. The molecule has 0 saturated heterocycles. The molecular weight excluding hydrogens is 372 g/mol. The number of carbonyl (C=O) groups is 1. The molecule has 0 unspecified atom stereocenters. The van der Waals surface area contributed by atoms with E-state index < -0.39 is 0 Å². The summed E-state index contributed by atoms with van der Waals surface area (Å²) in [4.78, 5) is 11.0. The molecule has 100 valence electrons. The number of rotatable bonds is 6. The Labute approximate surface area is 123 Å². The minimum Gasteiger partial charge on any atom is -0.494 e. The smallest absolute Gasteiger partial charge is 0.321 e. The SMILES string of the molecule is COC(=O)CN(I)SCc1ccc(F)c(OC)c1. The Hall–Kier alpha value is -0.540. The van der Waals surface area contributed by atoms with Gasteiger partial charge in [0, 0.05) is 28.6 Å². The fourth-order valence-electron chi connectivity index (χ4n) is 1.15. The van der Waals surface area contributed by atoms with Crippen LogP contribution in [0.15, 0.2) is 18.2 Å². The molecule has 0 N–H and O–H groups in total. The minimum atomic E-state index is -0.382. The highest BCUT2D eigenvalue weighted by atomic mass is 127. The molecule has 0 bridgehead atoms. The maximum Gasteiger partial charge on any atom is 0.321 e. The van der Waals surface area contributed by atoms with E-state index in [0.29, 0.717) is 5.75 Å². The van der Waals surface area contributed by atoms with Gasteiger partial charge in [0.05, 0.1) is 14.2 Å². The Morgan fingerprint density at radius 2 is 2.22 bits per heavy atom. The average Bonchev–Trinajstić information content (AvgIpc) is 2.37. The Morgan fingerprint density at radius 1 is 1.50 bits per heavy atom. The van der Waals surface area contributed by atoms with E-state index in [-0.39, 0.29) is 24.1 Å². The summed E-state index contributed by atoms with van der Waals surface area (Å²) in [7, 11) is 2.78. The third-order valence-corrected chi connectivity index (χ3v) is 4.12. The molecule has 4 nitrogen and oxygen atoms in total. The molecule has 0 fully saturated rings. The lowest BCUT2D eigenvalue weighted by Crippen LogP contribution is -2.16. The van der Waals surface area contributed by atoms with Gasteiger partial charge in [0.2, 0.25) is 0 Å². The first-order valence-electron chi connectivity index (χ1n) is 5.02. The molecule has 0 radical (unpaired) electrons. The van der Waals surface area contributed by atoms with Crippen LogP contribution in [0.4, 0.5) is 4.39 Å². The zero-order valence-electron chi connectivity index (χ0n) is 9.98. The average molecular weight is 385 g/mol. The van der Waals surface area contributed by atoms with Crippen LogP contribution in [0.25, 0.3) is 0 Å². The molecule has 0 heterocycles. The van der Waals surface area contributed by atoms with Gasteiger partial charge in [-0.3, -0.25) is 4.79 Å². The van der Waals surface area contributed by atoms with Crippen molar-refractivity contribution in [3.8, 4) is 5.75 Å². The summed E-state index contributed by atoms with van der Waals surface area (Å²) in [6.45, 7) is 0.195. The molecule has 0 aromatic heterocycles. The van der Waals surface area contributed by atoms with Gasteiger partial charge < -0.3 is 9.47 Å². The second kappa shape index (κ2) is 7.80. The number of nitrogens with zero attached hydrogens (tertiary/aromatic N) is 1. The van der Waals surface area contributed by atoms with Crippen molar-refractivity contribution in [3.05, 3.63) is 29.6 Å². The zero-order valence-corrected chi connectivity index (χ0v) is 13.0. The van der Waals surface area contributed by atoms with Crippen molar-refractivity contribution in [2.45, 2.75) is 5.75 Å². The lowest BCUT2D eigenvalue weighted by atomic mass is 10.2. The van der Waals surface area contributed by atoms with Crippen molar-refractivity contribution < 1.29 is 18.7 Å². The van der Waals surface area contributed by atoms with Gasteiger partial charge >= 0.3 is 5.97 Å². The third-order valence-electron chi connectivity index (χ3n) is 2.07. The summed E-state index contributed by atoms with van der Waals surface area (Å²) in [5.74, 6) is 0.165. The van der Waals surface area contributed by atoms with Crippen LogP contribution >= 0.6 is 34.8 Å². The second-order valence-corrected chi connectivity index (χ2v) is 6.10. The van der Waals surface area contributed by atoms with Gasteiger partial charge in [-0.05, 0) is 17.7 Å². The van der Waals surface area contributed by atoms with Crippen molar-refractivity contribution in [2.75, 3.05) is 20.8 Å². The molecule has 0 aliphatic carbocycles. The van der Waals surface area contributed by atoms with Crippen molar-refractivity contribution in [1.29, 1.82) is 0 Å². The highest BCUT2D eigenvalue weighted by molar-refractivity contribution is 14.1. The molecule has 0 amide bonds. The monoisotopic (exact) mass is 385 g/mol. The molecule has 0 saturated carbocycles. The molecule has 1 aromatic rings. The van der Waals surface area contributed by atoms with E-state index in [1.807, 2.05) is 22.9 Å². The van der Waals surface area contributed by atoms with Crippen molar-refractivity contribution in [2.24, 2.45) is 0 Å². The highest BCUT2D eigenvalue weighted by Crippen LogP contribution is 2.24. The van der Waals surface area contributed by atoms with Crippen LogP contribution in [0.5, 0.6) is 5.75 Å². The molecule has 1 rings (SSSR count). The van der Waals surface area contributed by atoms with Crippen LogP contribution in [0.2, 0.25) is 0 Å². The van der Waals surface area contributed by atoms with E-state index in [0.717, 1.165) is 5.56 Å². The van der Waals surface area contributed by atoms with Gasteiger partial charge in [-0.15, -0.1) is 0 Å². The van der Waals surface area contributed by atoms with E-state index >= 15 is 0 Å². The Morgan fingerprint density at radius 3 is 2.83 bits per heavy atom. The molecule has 1 aromatic carbocycles. The van der Waals surface area contributed by atoms with Crippen molar-refractivity contribution in [1.82, 2.24) is 2.52 Å². The minimum absolute atomic E-state index is 0.195. The van der Waals surface area contributed by atoms with E-state index in [1.165, 1.54) is 32.2 Å². The normalized spacial score (nSPS) is 10.5. The molecule has 0 spiro atoms. The van der Waals surface area contributed by atoms with Gasteiger partial charge in [0.15, 0.2) is 11.6 Å². The third kappa shape index (κ3) is 4.99. The van der Waals surface area contributed by atoms with Crippen molar-refractivity contribution >= 4 is 40.8 Å². The maximum atomic E-state index is 13.2. The number of methoxy groups -OCH3 is 2. The number of halogens is 2. The number of carbonyl (C=O) groups excluding carboxylic acids is 1. The summed E-state index contributed by atoms with van der Waals surface area (Å²) in [6, 6.07) is 4.70. The van der Waals surface area contributed by atoms with Crippen LogP contribution in [-0.2, 0) is 15.3 Å². The van der Waals surface area contributed by atoms with Crippen LogP contribution < -0.4 is 4.74 Å². The highest BCUT2D eigenvalue weighted by Gasteiger charge is 2.09. The van der Waals surface area contributed by atoms with E-state index in [2.05, 4.69) is 4.74 Å². The summed E-state index contributed by atoms with van der Waals surface area (Å²) in [5, 5.41) is 0. The molecule has 0 aliphatic heterocycles. The number of esters is 1. The summed E-state index contributed by atoms with van der Waals surface area (Å²) in [6.07, 6.45) is 0. The van der Waals surface area contributed by atoms with Crippen LogP contribution in [0, 0.1) is 5.82 Å². The molecular formula is C11H13FINO3S. The van der Waals surface area contributed by atoms with E-state index in [1.54, 1.807) is 14.7 Å². The standard InChI is InChI=1S/C11H13FINO3S/c1-16-10-5-8(3-4-9(10)12)7-18-14(13)6-11(15)17-2/h3-5H,6-7H2,1-2H3. The second-order valence-electron chi connectivity index (χ2n) is 3.29. The maximum absolute atomic E-state index is 13.2. The predicted octanol–water partition coefficient (Wildman–Crippen LogP) is 2.81. The summed E-state index contributed by atoms with van der Waals surface area (Å²) >= 11 is 3.46. The number of ether oxygens (including phenoxy) is 2. The fourth-order valence-corrected chi connectivity index (χ4v) is 2.51. The lowest BCUT2D eigenvalue weighted by Gasteiger charge is -2.12. The molecule has 0 atom stereocenters. The van der Waals surface area contributed by atoms with Gasteiger partial charge in [0.1, 0.15) is 6.54 Å². The van der Waals surface area contributed by atoms with Gasteiger partial charge in [-0.2, -0.15) is 2.52 Å². The Bertz CT molecular complexity index is 419. The van der Waals surface area contributed by atoms with Crippen LogP contribution in [0.1, 0.15) is 5.56 Å². The van der Waals surface area contributed by atoms with Gasteiger partial charge in [-0.25, -0.2) is 4.39 Å². The zero-order chi connectivity index (χ0) is 13.5.